The number of para-hydroxylation sites is 1. The quantitative estimate of drug-likeness (QED) is 0.452. The summed E-state index contributed by atoms with van der Waals surface area (Å²) >= 11 is 1.77. The van der Waals surface area contributed by atoms with Gasteiger partial charge >= 0.3 is 0 Å². The van der Waals surface area contributed by atoms with Crippen LogP contribution in [0.3, 0.4) is 0 Å². The second kappa shape index (κ2) is 7.13. The van der Waals surface area contributed by atoms with Crippen LogP contribution in [0.1, 0.15) is 29.7 Å². The summed E-state index contributed by atoms with van der Waals surface area (Å²) in [6.45, 7) is 2.88. The van der Waals surface area contributed by atoms with E-state index in [1.807, 2.05) is 0 Å². The zero-order valence-corrected chi connectivity index (χ0v) is 17.8. The number of benzene rings is 2. The van der Waals surface area contributed by atoms with Crippen LogP contribution < -0.4 is 4.90 Å². The van der Waals surface area contributed by atoms with Crippen LogP contribution in [0.5, 0.6) is 0 Å². The normalized spacial score (nSPS) is 15.8. The standard InChI is InChI=1S/C24H23N5S/c1-16-7-6-8-17(13-16)23-26-27-24-29(23)14-28(15-30-24)22-18-9-2-4-11-20(18)25-21-12-5-3-10-19(21)22/h2,4,6-9,11,13H,3,5,10,12,14-15H2,1H3. The van der Waals surface area contributed by atoms with Crippen molar-refractivity contribution in [2.24, 2.45) is 0 Å². The minimum absolute atomic E-state index is 0.763. The van der Waals surface area contributed by atoms with Gasteiger partial charge in [-0.3, -0.25) is 9.55 Å². The number of thioether (sulfide) groups is 1. The first kappa shape index (κ1) is 18.0. The Morgan fingerprint density at radius 2 is 1.87 bits per heavy atom. The summed E-state index contributed by atoms with van der Waals surface area (Å²) in [5.41, 5.74) is 7.55. The summed E-state index contributed by atoms with van der Waals surface area (Å²) < 4.78 is 2.26. The van der Waals surface area contributed by atoms with Crippen LogP contribution in [0.15, 0.2) is 53.7 Å². The third-order valence-corrected chi connectivity index (χ3v) is 7.11. The molecule has 0 fully saturated rings. The molecule has 5 nitrogen and oxygen atoms in total. The molecule has 6 heteroatoms. The Bertz CT molecular complexity index is 1260. The molecule has 6 rings (SSSR count). The fourth-order valence-electron chi connectivity index (χ4n) is 4.71. The van der Waals surface area contributed by atoms with Crippen LogP contribution in [-0.2, 0) is 19.5 Å². The number of hydrogen-bond donors (Lipinski definition) is 0. The molecular weight excluding hydrogens is 390 g/mol. The van der Waals surface area contributed by atoms with Crippen LogP contribution in [0.25, 0.3) is 22.3 Å². The van der Waals surface area contributed by atoms with Crippen molar-refractivity contribution in [1.82, 2.24) is 19.7 Å². The molecule has 0 atom stereocenters. The van der Waals surface area contributed by atoms with Gasteiger partial charge in [0.1, 0.15) is 0 Å². The highest BCUT2D eigenvalue weighted by molar-refractivity contribution is 7.99. The summed E-state index contributed by atoms with van der Waals surface area (Å²) in [7, 11) is 0. The maximum atomic E-state index is 5.02. The minimum atomic E-state index is 0.763. The SMILES string of the molecule is Cc1cccc(-c2nnc3n2CN(c2c4c(nc5ccccc25)CCCC4)CS3)c1. The Morgan fingerprint density at radius 3 is 2.80 bits per heavy atom. The summed E-state index contributed by atoms with van der Waals surface area (Å²) in [6.07, 6.45) is 4.68. The number of hydrogen-bond acceptors (Lipinski definition) is 5. The largest absolute Gasteiger partial charge is 0.343 e. The van der Waals surface area contributed by atoms with E-state index in [-0.39, 0.29) is 0 Å². The molecule has 2 aliphatic rings. The van der Waals surface area contributed by atoms with Crippen molar-refractivity contribution in [1.29, 1.82) is 0 Å². The van der Waals surface area contributed by atoms with Gasteiger partial charge in [0.05, 0.1) is 23.7 Å². The van der Waals surface area contributed by atoms with Gasteiger partial charge in [0.25, 0.3) is 0 Å². The lowest BCUT2D eigenvalue weighted by molar-refractivity contribution is 0.601. The number of aromatic nitrogens is 4. The van der Waals surface area contributed by atoms with Crippen LogP contribution in [0.2, 0.25) is 0 Å². The molecule has 2 aromatic carbocycles. The number of nitrogens with zero attached hydrogens (tertiary/aromatic N) is 5. The highest BCUT2D eigenvalue weighted by atomic mass is 32.2. The third kappa shape index (κ3) is 2.89. The van der Waals surface area contributed by atoms with Gasteiger partial charge < -0.3 is 4.90 Å². The Kier molecular flexibility index (Phi) is 4.27. The van der Waals surface area contributed by atoms with E-state index in [0.29, 0.717) is 0 Å². The molecular formula is C24H23N5S. The Balaban J connectivity index is 1.48. The second-order valence-electron chi connectivity index (χ2n) is 8.17. The van der Waals surface area contributed by atoms with Crippen molar-refractivity contribution in [2.75, 3.05) is 10.8 Å². The molecule has 30 heavy (non-hydrogen) atoms. The third-order valence-electron chi connectivity index (χ3n) is 6.11. The highest BCUT2D eigenvalue weighted by Gasteiger charge is 2.27. The Labute approximate surface area is 180 Å². The molecule has 0 unspecified atom stereocenters. The lowest BCUT2D eigenvalue weighted by atomic mass is 9.92. The van der Waals surface area contributed by atoms with Gasteiger partial charge in [-0.1, -0.05) is 53.7 Å². The molecule has 3 heterocycles. The van der Waals surface area contributed by atoms with Crippen molar-refractivity contribution >= 4 is 28.4 Å². The number of rotatable bonds is 2. The maximum absolute atomic E-state index is 5.02. The molecule has 0 N–H and O–H groups in total. The number of fused-ring (bicyclic) bond motifs is 3. The average molecular weight is 414 g/mol. The number of pyridine rings is 1. The van der Waals surface area contributed by atoms with Crippen LogP contribution in [-0.4, -0.2) is 25.6 Å². The number of anilines is 1. The predicted molar refractivity (Wildman–Crippen MR) is 122 cm³/mol. The second-order valence-corrected chi connectivity index (χ2v) is 9.08. The van der Waals surface area contributed by atoms with Gasteiger partial charge in [-0.25, -0.2) is 0 Å². The summed E-state index contributed by atoms with van der Waals surface area (Å²) in [4.78, 5) is 7.51. The minimum Gasteiger partial charge on any atom is -0.343 e. The Morgan fingerprint density at radius 1 is 0.967 bits per heavy atom. The molecule has 1 aliphatic heterocycles. The van der Waals surface area contributed by atoms with E-state index in [0.717, 1.165) is 47.4 Å². The molecule has 0 saturated carbocycles. The molecule has 4 aromatic rings. The zero-order valence-electron chi connectivity index (χ0n) is 17.0. The van der Waals surface area contributed by atoms with Crippen molar-refractivity contribution in [2.45, 2.75) is 44.4 Å². The maximum Gasteiger partial charge on any atom is 0.194 e. The lowest BCUT2D eigenvalue weighted by Crippen LogP contribution is -2.32. The highest BCUT2D eigenvalue weighted by Crippen LogP contribution is 2.39. The van der Waals surface area contributed by atoms with E-state index in [1.54, 1.807) is 11.8 Å². The van der Waals surface area contributed by atoms with Crippen LogP contribution in [0.4, 0.5) is 5.69 Å². The molecule has 1 aliphatic carbocycles. The van der Waals surface area contributed by atoms with Crippen molar-refractivity contribution in [3.63, 3.8) is 0 Å². The molecule has 0 bridgehead atoms. The van der Waals surface area contributed by atoms with Gasteiger partial charge in [-0.15, -0.1) is 10.2 Å². The Hall–Kier alpha value is -2.86. The smallest absolute Gasteiger partial charge is 0.194 e. The average Bonchev–Trinajstić information content (AvgIpc) is 3.20. The van der Waals surface area contributed by atoms with E-state index in [9.17, 15) is 0 Å². The first-order chi connectivity index (χ1) is 14.8. The van der Waals surface area contributed by atoms with E-state index < -0.39 is 0 Å². The topological polar surface area (TPSA) is 46.8 Å². The van der Waals surface area contributed by atoms with Crippen molar-refractivity contribution < 1.29 is 0 Å². The van der Waals surface area contributed by atoms with Crippen molar-refractivity contribution in [3.8, 4) is 11.4 Å². The summed E-state index contributed by atoms with van der Waals surface area (Å²) in [5.74, 6) is 1.82. The van der Waals surface area contributed by atoms with Crippen LogP contribution >= 0.6 is 11.8 Å². The van der Waals surface area contributed by atoms with Gasteiger partial charge in [0.15, 0.2) is 11.0 Å². The monoisotopic (exact) mass is 413 g/mol. The van der Waals surface area contributed by atoms with E-state index in [4.69, 9.17) is 4.98 Å². The van der Waals surface area contributed by atoms with E-state index >= 15 is 0 Å². The molecule has 0 radical (unpaired) electrons. The predicted octanol–water partition coefficient (Wildman–Crippen LogP) is 5.21. The zero-order chi connectivity index (χ0) is 20.1. The molecule has 2 aromatic heterocycles. The molecule has 150 valence electrons. The first-order valence-corrected chi connectivity index (χ1v) is 11.5. The first-order valence-electron chi connectivity index (χ1n) is 10.6. The van der Waals surface area contributed by atoms with E-state index in [1.165, 1.54) is 40.7 Å². The van der Waals surface area contributed by atoms with Gasteiger partial charge in [0.2, 0.25) is 0 Å². The van der Waals surface area contributed by atoms with Gasteiger partial charge in [0, 0.05) is 16.6 Å². The van der Waals surface area contributed by atoms with Crippen molar-refractivity contribution in [3.05, 3.63) is 65.4 Å². The molecule has 0 amide bonds. The molecule has 0 saturated heterocycles. The molecule has 0 spiro atoms. The summed E-state index contributed by atoms with van der Waals surface area (Å²) in [6, 6.07) is 17.1. The fourth-order valence-corrected chi connectivity index (χ4v) is 5.59. The van der Waals surface area contributed by atoms with E-state index in [2.05, 4.69) is 75.1 Å². The van der Waals surface area contributed by atoms with Crippen LogP contribution in [0, 0.1) is 6.92 Å². The fraction of sp³-hybridized carbons (Fsp3) is 0.292. The van der Waals surface area contributed by atoms with Gasteiger partial charge in [-0.05, 0) is 50.3 Å². The lowest BCUT2D eigenvalue weighted by Gasteiger charge is -2.34. The summed E-state index contributed by atoms with van der Waals surface area (Å²) in [5, 5.41) is 11.3. The number of aryl methyl sites for hydroxylation is 2. The van der Waals surface area contributed by atoms with Gasteiger partial charge in [-0.2, -0.15) is 0 Å².